The molecule has 0 rings (SSSR count). The van der Waals surface area contributed by atoms with Gasteiger partial charge in [0.25, 0.3) is 0 Å². The van der Waals surface area contributed by atoms with Crippen molar-refractivity contribution in [3.63, 3.8) is 0 Å². The zero-order chi connectivity index (χ0) is 6.73. The van der Waals surface area contributed by atoms with Crippen LogP contribution in [0.4, 0.5) is 4.39 Å². The summed E-state index contributed by atoms with van der Waals surface area (Å²) in [6.07, 6.45) is 0. The second-order valence-electron chi connectivity index (χ2n) is 1.71. The molecule has 0 heterocycles. The van der Waals surface area contributed by atoms with E-state index in [0.717, 1.165) is 0 Å². The molecule has 0 aliphatic rings. The Labute approximate surface area is 48.2 Å². The van der Waals surface area contributed by atoms with Gasteiger partial charge < -0.3 is 0 Å². The van der Waals surface area contributed by atoms with Crippen molar-refractivity contribution in [1.82, 2.24) is 0 Å². The number of carbonyl (C=O) groups is 1. The molecule has 8 heavy (non-hydrogen) atoms. The molecule has 0 saturated carbocycles. The predicted molar refractivity (Wildman–Crippen MR) is 30.2 cm³/mol. The highest BCUT2D eigenvalue weighted by atomic mass is 19.1. The fourth-order valence-electron chi connectivity index (χ4n) is 0.243. The summed E-state index contributed by atoms with van der Waals surface area (Å²) >= 11 is 0. The molecule has 0 N–H and O–H groups in total. The first-order chi connectivity index (χ1) is 3.55. The number of hydrogen-bond donors (Lipinski definition) is 0. The second kappa shape index (κ2) is 2.60. The van der Waals surface area contributed by atoms with E-state index in [1.165, 1.54) is 20.8 Å². The van der Waals surface area contributed by atoms with Gasteiger partial charge in [0.15, 0.2) is 5.78 Å². The molecule has 0 bridgehead atoms. The summed E-state index contributed by atoms with van der Waals surface area (Å²) in [6, 6.07) is 0. The average molecular weight is 116 g/mol. The summed E-state index contributed by atoms with van der Waals surface area (Å²) in [5.41, 5.74) is 0.213. The smallest absolute Gasteiger partial charge is 0.158 e. The van der Waals surface area contributed by atoms with Gasteiger partial charge in [0.2, 0.25) is 0 Å². The van der Waals surface area contributed by atoms with Gasteiger partial charge in [-0.1, -0.05) is 0 Å². The van der Waals surface area contributed by atoms with E-state index in [2.05, 4.69) is 0 Å². The molecule has 0 fully saturated rings. The molecular weight excluding hydrogens is 107 g/mol. The summed E-state index contributed by atoms with van der Waals surface area (Å²) in [4.78, 5) is 10.3. The standard InChI is InChI=1S/C6H9FO/c1-4(5(2)7)6(3)8/h1-3H3/b5-4-. The number of halogens is 1. The molecule has 0 aromatic rings. The summed E-state index contributed by atoms with van der Waals surface area (Å²) < 4.78 is 12.0. The molecule has 46 valence electrons. The maximum Gasteiger partial charge on any atom is 0.158 e. The van der Waals surface area contributed by atoms with Crippen LogP contribution in [-0.2, 0) is 4.79 Å². The van der Waals surface area contributed by atoms with Gasteiger partial charge in [-0.05, 0) is 20.8 Å². The maximum atomic E-state index is 12.0. The first-order valence-corrected chi connectivity index (χ1v) is 2.39. The van der Waals surface area contributed by atoms with Crippen LogP contribution in [0.5, 0.6) is 0 Å². The Kier molecular flexibility index (Phi) is 2.38. The van der Waals surface area contributed by atoms with Crippen LogP contribution in [-0.4, -0.2) is 5.78 Å². The lowest BCUT2D eigenvalue weighted by atomic mass is 10.2. The van der Waals surface area contributed by atoms with E-state index in [-0.39, 0.29) is 11.4 Å². The van der Waals surface area contributed by atoms with Gasteiger partial charge in [-0.15, -0.1) is 0 Å². The molecule has 0 radical (unpaired) electrons. The number of rotatable bonds is 1. The van der Waals surface area contributed by atoms with Crippen LogP contribution < -0.4 is 0 Å². The molecule has 1 nitrogen and oxygen atoms in total. The average Bonchev–Trinajstić information content (AvgIpc) is 1.64. The molecular formula is C6H9FO. The molecule has 0 atom stereocenters. The summed E-state index contributed by atoms with van der Waals surface area (Å²) in [6.45, 7) is 4.09. The first-order valence-electron chi connectivity index (χ1n) is 2.39. The van der Waals surface area contributed by atoms with Crippen LogP contribution in [0.3, 0.4) is 0 Å². The molecule has 0 spiro atoms. The van der Waals surface area contributed by atoms with Gasteiger partial charge in [0.1, 0.15) is 5.83 Å². The van der Waals surface area contributed by atoms with E-state index in [0.29, 0.717) is 0 Å². The van der Waals surface area contributed by atoms with Crippen LogP contribution in [0.2, 0.25) is 0 Å². The summed E-state index contributed by atoms with van der Waals surface area (Å²) in [5.74, 6) is -0.595. The van der Waals surface area contributed by atoms with Gasteiger partial charge in [-0.2, -0.15) is 0 Å². The molecule has 0 unspecified atom stereocenters. The van der Waals surface area contributed by atoms with Crippen molar-refractivity contribution in [2.75, 3.05) is 0 Å². The fourth-order valence-corrected chi connectivity index (χ4v) is 0.243. The number of ketones is 1. The van der Waals surface area contributed by atoms with Crippen molar-refractivity contribution in [2.45, 2.75) is 20.8 Å². The minimum absolute atomic E-state index is 0.204. The number of hydrogen-bond acceptors (Lipinski definition) is 1. The van der Waals surface area contributed by atoms with E-state index in [4.69, 9.17) is 0 Å². The molecule has 0 amide bonds. The van der Waals surface area contributed by atoms with E-state index < -0.39 is 5.83 Å². The molecule has 2 heteroatoms. The maximum absolute atomic E-state index is 12.0. The number of carbonyl (C=O) groups excluding carboxylic acids is 1. The molecule has 0 aromatic carbocycles. The Hall–Kier alpha value is -0.660. The van der Waals surface area contributed by atoms with E-state index in [1.54, 1.807) is 0 Å². The first kappa shape index (κ1) is 7.34. The highest BCUT2D eigenvalue weighted by Gasteiger charge is 1.98. The predicted octanol–water partition coefficient (Wildman–Crippen LogP) is 1.84. The lowest BCUT2D eigenvalue weighted by Gasteiger charge is -1.90. The molecule has 0 saturated heterocycles. The zero-order valence-electron chi connectivity index (χ0n) is 5.29. The van der Waals surface area contributed by atoms with E-state index in [9.17, 15) is 9.18 Å². The Morgan fingerprint density at radius 1 is 1.25 bits per heavy atom. The van der Waals surface area contributed by atoms with Crippen molar-refractivity contribution in [3.05, 3.63) is 11.4 Å². The van der Waals surface area contributed by atoms with Crippen LogP contribution >= 0.6 is 0 Å². The van der Waals surface area contributed by atoms with Crippen molar-refractivity contribution < 1.29 is 9.18 Å². The Bertz CT molecular complexity index is 131. The second-order valence-corrected chi connectivity index (χ2v) is 1.71. The third-order valence-electron chi connectivity index (χ3n) is 1.04. The van der Waals surface area contributed by atoms with Crippen LogP contribution in [0, 0.1) is 0 Å². The highest BCUT2D eigenvalue weighted by Crippen LogP contribution is 2.03. The third kappa shape index (κ3) is 1.87. The van der Waals surface area contributed by atoms with Gasteiger partial charge in [-0.3, -0.25) is 4.79 Å². The van der Waals surface area contributed by atoms with Crippen molar-refractivity contribution in [2.24, 2.45) is 0 Å². The van der Waals surface area contributed by atoms with Crippen molar-refractivity contribution in [3.8, 4) is 0 Å². The van der Waals surface area contributed by atoms with Crippen LogP contribution in [0.1, 0.15) is 20.8 Å². The Morgan fingerprint density at radius 2 is 1.62 bits per heavy atom. The Balaban J connectivity index is 4.23. The summed E-state index contributed by atoms with van der Waals surface area (Å²) in [5, 5.41) is 0. The molecule has 0 aromatic heterocycles. The largest absolute Gasteiger partial charge is 0.295 e. The summed E-state index contributed by atoms with van der Waals surface area (Å²) in [7, 11) is 0. The Morgan fingerprint density at radius 3 is 1.62 bits per heavy atom. The minimum Gasteiger partial charge on any atom is -0.295 e. The van der Waals surface area contributed by atoms with Gasteiger partial charge >= 0.3 is 0 Å². The molecule has 0 aliphatic carbocycles. The third-order valence-corrected chi connectivity index (χ3v) is 1.04. The van der Waals surface area contributed by atoms with Crippen molar-refractivity contribution >= 4 is 5.78 Å². The van der Waals surface area contributed by atoms with Gasteiger partial charge in [0, 0.05) is 5.57 Å². The SMILES string of the molecule is CC(=O)/C(C)=C(/C)F. The van der Waals surface area contributed by atoms with E-state index in [1.807, 2.05) is 0 Å². The van der Waals surface area contributed by atoms with Crippen LogP contribution in [0.25, 0.3) is 0 Å². The number of allylic oxidation sites excluding steroid dienone is 2. The zero-order valence-corrected chi connectivity index (χ0v) is 5.29. The lowest BCUT2D eigenvalue weighted by Crippen LogP contribution is -1.91. The van der Waals surface area contributed by atoms with Crippen LogP contribution in [0.15, 0.2) is 11.4 Å². The normalized spacial score (nSPS) is 13.0. The number of Topliss-reactive ketones (excluding diaryl/α,β-unsaturated/α-hetero) is 1. The monoisotopic (exact) mass is 116 g/mol. The molecule has 0 aliphatic heterocycles. The van der Waals surface area contributed by atoms with Crippen molar-refractivity contribution in [1.29, 1.82) is 0 Å². The highest BCUT2D eigenvalue weighted by molar-refractivity contribution is 5.92. The quantitative estimate of drug-likeness (QED) is 0.478. The topological polar surface area (TPSA) is 17.1 Å². The van der Waals surface area contributed by atoms with E-state index >= 15 is 0 Å². The van der Waals surface area contributed by atoms with Gasteiger partial charge in [0.05, 0.1) is 0 Å². The fraction of sp³-hybridized carbons (Fsp3) is 0.500. The van der Waals surface area contributed by atoms with Gasteiger partial charge in [-0.25, -0.2) is 4.39 Å². The minimum atomic E-state index is -0.391. The lowest BCUT2D eigenvalue weighted by molar-refractivity contribution is -0.113.